The van der Waals surface area contributed by atoms with Crippen molar-refractivity contribution in [3.63, 3.8) is 0 Å². The van der Waals surface area contributed by atoms with Gasteiger partial charge in [-0.3, -0.25) is 4.57 Å². The highest BCUT2D eigenvalue weighted by Gasteiger charge is 2.30. The first-order chi connectivity index (χ1) is 9.16. The van der Waals surface area contributed by atoms with Gasteiger partial charge in [0.1, 0.15) is 0 Å². The van der Waals surface area contributed by atoms with E-state index < -0.39 is 20.0 Å². The van der Waals surface area contributed by atoms with E-state index in [0.717, 1.165) is 12.6 Å². The Hall–Kier alpha value is -0.590. The Morgan fingerprint density at radius 2 is 1.86 bits per heavy atom. The van der Waals surface area contributed by atoms with Gasteiger partial charge < -0.3 is 15.1 Å². The maximum absolute atomic E-state index is 12.4. The van der Waals surface area contributed by atoms with Gasteiger partial charge in [0.05, 0.1) is 5.56 Å². The van der Waals surface area contributed by atoms with Crippen molar-refractivity contribution in [2.45, 2.75) is 32.5 Å². The second-order valence-corrected chi connectivity index (χ2v) is 4.71. The number of halogens is 4. The number of likely N-dealkylation sites (N-methyl/N-ethyl adjacent to an activating group) is 1. The summed E-state index contributed by atoms with van der Waals surface area (Å²) in [6.07, 6.45) is -3.64. The SMILES string of the molecule is CCNC(C)Cc1cccc(C(F)(F)F)c1.Cl.O=[PH](O)O. The van der Waals surface area contributed by atoms with Crippen molar-refractivity contribution in [3.8, 4) is 0 Å². The Balaban J connectivity index is 0. The molecule has 9 heteroatoms. The van der Waals surface area contributed by atoms with Crippen LogP contribution < -0.4 is 5.32 Å². The molecule has 0 saturated heterocycles. The normalized spacial score (nSPS) is 12.2. The van der Waals surface area contributed by atoms with Crippen LogP contribution in [0.2, 0.25) is 0 Å². The third-order valence-corrected chi connectivity index (χ3v) is 2.35. The second kappa shape index (κ2) is 11.0. The first kappa shape index (κ1) is 22.7. The third kappa shape index (κ3) is 11.7. The van der Waals surface area contributed by atoms with Crippen LogP contribution in [0.4, 0.5) is 13.2 Å². The van der Waals surface area contributed by atoms with Crippen molar-refractivity contribution >= 4 is 20.7 Å². The Morgan fingerprint density at radius 3 is 2.29 bits per heavy atom. The van der Waals surface area contributed by atoms with Gasteiger partial charge >= 0.3 is 14.4 Å². The maximum Gasteiger partial charge on any atom is 0.416 e. The van der Waals surface area contributed by atoms with Crippen LogP contribution in [0, 0.1) is 0 Å². The fourth-order valence-electron chi connectivity index (χ4n) is 1.65. The lowest BCUT2D eigenvalue weighted by Crippen LogP contribution is -2.27. The largest absolute Gasteiger partial charge is 0.416 e. The lowest BCUT2D eigenvalue weighted by Gasteiger charge is -2.13. The van der Waals surface area contributed by atoms with Gasteiger partial charge in [0.15, 0.2) is 0 Å². The molecule has 0 aliphatic carbocycles. The van der Waals surface area contributed by atoms with Crippen molar-refractivity contribution in [1.29, 1.82) is 0 Å². The second-order valence-electron chi connectivity index (χ2n) is 4.14. The van der Waals surface area contributed by atoms with Crippen molar-refractivity contribution in [2.24, 2.45) is 0 Å². The standard InChI is InChI=1S/C12H16F3N.ClH.H3O3P/c1-3-16-9(2)7-10-5-4-6-11(8-10)12(13,14)15;;1-4(2)3/h4-6,8-9,16H,3,7H2,1-2H3;1H;4H,(H2,1,2,3). The van der Waals surface area contributed by atoms with Crippen molar-refractivity contribution < 1.29 is 27.5 Å². The van der Waals surface area contributed by atoms with Gasteiger partial charge in [-0.1, -0.05) is 25.1 Å². The number of benzene rings is 1. The summed E-state index contributed by atoms with van der Waals surface area (Å²) in [6, 6.07) is 5.68. The number of hydrogen-bond acceptors (Lipinski definition) is 2. The molecule has 0 heterocycles. The minimum absolute atomic E-state index is 0. The molecule has 0 aliphatic heterocycles. The number of hydrogen-bond donors (Lipinski definition) is 3. The molecule has 0 spiro atoms. The molecule has 0 aromatic heterocycles. The predicted octanol–water partition coefficient (Wildman–Crippen LogP) is 3.03. The van der Waals surface area contributed by atoms with Crippen LogP contribution in [-0.4, -0.2) is 22.4 Å². The monoisotopic (exact) mass is 349 g/mol. The average Bonchev–Trinajstić information content (AvgIpc) is 2.27. The van der Waals surface area contributed by atoms with Crippen molar-refractivity contribution in [3.05, 3.63) is 35.4 Å². The summed E-state index contributed by atoms with van der Waals surface area (Å²) in [4.78, 5) is 14.3. The van der Waals surface area contributed by atoms with Gasteiger partial charge in [-0.15, -0.1) is 12.4 Å². The highest BCUT2D eigenvalue weighted by atomic mass is 35.5. The zero-order valence-electron chi connectivity index (χ0n) is 11.6. The smallest absolute Gasteiger partial charge is 0.326 e. The summed E-state index contributed by atoms with van der Waals surface area (Å²) in [5.41, 5.74) is 0.136. The Kier molecular flexibility index (Phi) is 11.9. The van der Waals surface area contributed by atoms with Gasteiger partial charge in [0.25, 0.3) is 0 Å². The van der Waals surface area contributed by atoms with Gasteiger partial charge in [0.2, 0.25) is 0 Å². The van der Waals surface area contributed by atoms with E-state index in [-0.39, 0.29) is 18.4 Å². The van der Waals surface area contributed by atoms with Crippen molar-refractivity contribution in [1.82, 2.24) is 5.32 Å². The molecule has 1 atom stereocenters. The highest BCUT2D eigenvalue weighted by Crippen LogP contribution is 2.29. The zero-order valence-corrected chi connectivity index (χ0v) is 13.5. The molecule has 0 fully saturated rings. The molecule has 21 heavy (non-hydrogen) atoms. The van der Waals surface area contributed by atoms with E-state index in [4.69, 9.17) is 14.4 Å². The summed E-state index contributed by atoms with van der Waals surface area (Å²) in [6.45, 7) is 4.76. The molecular formula is C12H20ClF3NO3P. The first-order valence-electron chi connectivity index (χ1n) is 5.98. The quantitative estimate of drug-likeness (QED) is 0.731. The van der Waals surface area contributed by atoms with Crippen LogP contribution in [0.5, 0.6) is 0 Å². The molecule has 0 radical (unpaired) electrons. The predicted molar refractivity (Wildman–Crippen MR) is 79.0 cm³/mol. The molecule has 0 aliphatic rings. The van der Waals surface area contributed by atoms with E-state index in [1.165, 1.54) is 12.1 Å². The van der Waals surface area contributed by atoms with Crippen LogP contribution in [0.25, 0.3) is 0 Å². The third-order valence-electron chi connectivity index (χ3n) is 2.35. The number of alkyl halides is 3. The molecule has 1 aromatic rings. The zero-order chi connectivity index (χ0) is 15.8. The van der Waals surface area contributed by atoms with Crippen LogP contribution in [-0.2, 0) is 17.2 Å². The van der Waals surface area contributed by atoms with E-state index in [1.807, 2.05) is 13.8 Å². The molecule has 0 saturated carbocycles. The molecule has 1 aromatic carbocycles. The highest BCUT2D eigenvalue weighted by molar-refractivity contribution is 7.30. The molecule has 1 unspecified atom stereocenters. The summed E-state index contributed by atoms with van der Waals surface area (Å²) >= 11 is 0. The number of rotatable bonds is 4. The van der Waals surface area contributed by atoms with E-state index in [2.05, 4.69) is 5.32 Å². The molecule has 1 rings (SSSR count). The molecule has 0 bridgehead atoms. The summed E-state index contributed by atoms with van der Waals surface area (Å²) in [7, 11) is -3.13. The fourth-order valence-corrected chi connectivity index (χ4v) is 1.65. The summed E-state index contributed by atoms with van der Waals surface area (Å²) < 4.78 is 46.1. The van der Waals surface area contributed by atoms with Crippen molar-refractivity contribution in [2.75, 3.05) is 6.54 Å². The Labute approximate surface area is 128 Å². The molecular weight excluding hydrogens is 330 g/mol. The lowest BCUT2D eigenvalue weighted by molar-refractivity contribution is -0.137. The molecule has 3 N–H and O–H groups in total. The van der Waals surface area contributed by atoms with Gasteiger partial charge in [-0.25, -0.2) is 0 Å². The molecule has 124 valence electrons. The van der Waals surface area contributed by atoms with Crippen LogP contribution >= 0.6 is 20.7 Å². The Bertz CT molecular complexity index is 428. The fraction of sp³-hybridized carbons (Fsp3) is 0.500. The maximum atomic E-state index is 12.4. The van der Waals surface area contributed by atoms with E-state index >= 15 is 0 Å². The van der Waals surface area contributed by atoms with Crippen LogP contribution in [0.15, 0.2) is 24.3 Å². The average molecular weight is 350 g/mol. The van der Waals surface area contributed by atoms with Crippen LogP contribution in [0.3, 0.4) is 0 Å². The van der Waals surface area contributed by atoms with Gasteiger partial charge in [-0.2, -0.15) is 13.2 Å². The van der Waals surface area contributed by atoms with Gasteiger partial charge in [0, 0.05) is 6.04 Å². The van der Waals surface area contributed by atoms with E-state index in [0.29, 0.717) is 12.0 Å². The number of nitrogens with one attached hydrogen (secondary N) is 1. The lowest BCUT2D eigenvalue weighted by atomic mass is 10.0. The first-order valence-corrected chi connectivity index (χ1v) is 7.28. The summed E-state index contributed by atoms with van der Waals surface area (Å²) in [5, 5.41) is 3.17. The minimum Gasteiger partial charge on any atom is -0.326 e. The molecule has 0 amide bonds. The topological polar surface area (TPSA) is 69.6 Å². The van der Waals surface area contributed by atoms with E-state index in [1.54, 1.807) is 6.07 Å². The van der Waals surface area contributed by atoms with Crippen LogP contribution in [0.1, 0.15) is 25.0 Å². The van der Waals surface area contributed by atoms with Gasteiger partial charge in [-0.05, 0) is 31.5 Å². The Morgan fingerprint density at radius 1 is 1.33 bits per heavy atom. The summed E-state index contributed by atoms with van der Waals surface area (Å²) in [5.74, 6) is 0. The van der Waals surface area contributed by atoms with E-state index in [9.17, 15) is 13.2 Å². The molecule has 4 nitrogen and oxygen atoms in total. The minimum atomic E-state index is -4.25.